The number of fused-ring (bicyclic) bond motifs is 6. The Hall–Kier alpha value is -8.46. The molecule has 12 rings (SSSR count). The first-order valence-electron chi connectivity index (χ1n) is 21.9. The fourth-order valence-corrected chi connectivity index (χ4v) is 9.67. The van der Waals surface area contributed by atoms with E-state index in [9.17, 15) is 0 Å². The number of hydrogen-bond donors (Lipinski definition) is 0. The molecule has 11 aromatic carbocycles. The summed E-state index contributed by atoms with van der Waals surface area (Å²) < 4.78 is 6.52. The molecule has 0 radical (unpaired) electrons. The molecule has 0 bridgehead atoms. The normalized spacial score (nSPS) is 11.4. The molecule has 1 heterocycles. The number of furan rings is 1. The third-order valence-corrected chi connectivity index (χ3v) is 12.6. The number of rotatable bonds is 8. The van der Waals surface area contributed by atoms with Gasteiger partial charge in [-0.05, 0) is 120 Å². The van der Waals surface area contributed by atoms with E-state index in [0.29, 0.717) is 0 Å². The quantitative estimate of drug-likeness (QED) is 0.142. The van der Waals surface area contributed by atoms with Gasteiger partial charge in [-0.25, -0.2) is 0 Å². The third kappa shape index (κ3) is 6.52. The van der Waals surface area contributed by atoms with E-state index in [1.165, 1.54) is 54.9 Å². The summed E-state index contributed by atoms with van der Waals surface area (Å²) in [7, 11) is 0. The van der Waals surface area contributed by atoms with E-state index in [1.807, 2.05) is 12.1 Å². The van der Waals surface area contributed by atoms with E-state index >= 15 is 0 Å². The molecule has 12 aromatic rings. The van der Waals surface area contributed by atoms with Crippen molar-refractivity contribution in [1.82, 2.24) is 0 Å². The molecule has 300 valence electrons. The summed E-state index contributed by atoms with van der Waals surface area (Å²) in [5, 5.41) is 7.24. The standard InChI is InChI=1S/C62H41NO/c1-4-17-42(18-5-1)46-23-14-25-50(39-46)63(51-26-15-24-48(40-51)52-30-16-31-57-55-28-12-13-32-59(55)64-62(52)57)49-36-33-43(34-37-49)47-35-38-54-53-27-10-11-29-56(53)60(44-19-6-2-7-20-44)61(58(54)41-47)45-21-8-3-9-22-45/h1-41H. The van der Waals surface area contributed by atoms with Crippen LogP contribution in [-0.2, 0) is 0 Å². The molecule has 2 heteroatoms. The number of anilines is 3. The summed E-state index contributed by atoms with van der Waals surface area (Å²) in [5.74, 6) is 0. The molecule has 1 aromatic heterocycles. The highest BCUT2D eigenvalue weighted by Crippen LogP contribution is 2.46. The van der Waals surface area contributed by atoms with Gasteiger partial charge in [0, 0.05) is 33.4 Å². The second-order valence-corrected chi connectivity index (χ2v) is 16.4. The smallest absolute Gasteiger partial charge is 0.143 e. The van der Waals surface area contributed by atoms with Gasteiger partial charge in [0.15, 0.2) is 0 Å². The Morgan fingerprint density at radius 3 is 1.42 bits per heavy atom. The summed E-state index contributed by atoms with van der Waals surface area (Å²) in [6.07, 6.45) is 0. The van der Waals surface area contributed by atoms with Gasteiger partial charge in [0.1, 0.15) is 11.2 Å². The van der Waals surface area contributed by atoms with Gasteiger partial charge in [-0.3, -0.25) is 0 Å². The van der Waals surface area contributed by atoms with Crippen molar-refractivity contribution in [3.63, 3.8) is 0 Å². The maximum Gasteiger partial charge on any atom is 0.143 e. The molecule has 0 aliphatic heterocycles. The zero-order valence-corrected chi connectivity index (χ0v) is 35.0. The largest absolute Gasteiger partial charge is 0.455 e. The second-order valence-electron chi connectivity index (χ2n) is 16.4. The summed E-state index contributed by atoms with van der Waals surface area (Å²) in [5.41, 5.74) is 16.8. The van der Waals surface area contributed by atoms with E-state index in [4.69, 9.17) is 4.42 Å². The Bertz CT molecular complexity index is 3650. The summed E-state index contributed by atoms with van der Waals surface area (Å²) in [6, 6.07) is 89.6. The minimum Gasteiger partial charge on any atom is -0.455 e. The van der Waals surface area contributed by atoms with Gasteiger partial charge >= 0.3 is 0 Å². The van der Waals surface area contributed by atoms with Crippen LogP contribution in [0.5, 0.6) is 0 Å². The van der Waals surface area contributed by atoms with Crippen molar-refractivity contribution in [2.45, 2.75) is 0 Å². The monoisotopic (exact) mass is 815 g/mol. The molecule has 64 heavy (non-hydrogen) atoms. The predicted octanol–water partition coefficient (Wildman–Crippen LogP) is 17.7. The summed E-state index contributed by atoms with van der Waals surface area (Å²) in [4.78, 5) is 2.37. The molecule has 0 saturated carbocycles. The lowest BCUT2D eigenvalue weighted by Crippen LogP contribution is -2.10. The highest BCUT2D eigenvalue weighted by atomic mass is 16.3. The van der Waals surface area contributed by atoms with Crippen LogP contribution in [0.2, 0.25) is 0 Å². The van der Waals surface area contributed by atoms with Gasteiger partial charge < -0.3 is 9.32 Å². The molecule has 0 spiro atoms. The molecular formula is C62H41NO. The Kier molecular flexibility index (Phi) is 9.20. The van der Waals surface area contributed by atoms with Crippen LogP contribution in [0.4, 0.5) is 17.1 Å². The SMILES string of the molecule is c1ccc(-c2cccc(N(c3ccc(-c4ccc5c(c4)c(-c4ccccc4)c(-c4ccccc4)c4ccccc45)cc3)c3cccc(-c4cccc5c4oc4ccccc45)c3)c2)cc1. The third-order valence-electron chi connectivity index (χ3n) is 12.6. The maximum absolute atomic E-state index is 6.52. The van der Waals surface area contributed by atoms with Crippen LogP contribution in [0.3, 0.4) is 0 Å². The molecule has 0 aliphatic rings. The molecule has 2 nitrogen and oxygen atoms in total. The van der Waals surface area contributed by atoms with Crippen molar-refractivity contribution < 1.29 is 4.42 Å². The minimum atomic E-state index is 0.897. The van der Waals surface area contributed by atoms with E-state index < -0.39 is 0 Å². The molecule has 0 amide bonds. The molecule has 0 unspecified atom stereocenters. The zero-order valence-electron chi connectivity index (χ0n) is 35.0. The van der Waals surface area contributed by atoms with Crippen molar-refractivity contribution >= 4 is 60.5 Å². The molecule has 0 atom stereocenters. The molecule has 0 saturated heterocycles. The Morgan fingerprint density at radius 1 is 0.250 bits per heavy atom. The van der Waals surface area contributed by atoms with Gasteiger partial charge in [-0.1, -0.05) is 200 Å². The molecule has 0 N–H and O–H groups in total. The average Bonchev–Trinajstić information content (AvgIpc) is 3.76. The number of para-hydroxylation sites is 2. The van der Waals surface area contributed by atoms with Crippen LogP contribution >= 0.6 is 0 Å². The van der Waals surface area contributed by atoms with Crippen LogP contribution < -0.4 is 4.90 Å². The van der Waals surface area contributed by atoms with Gasteiger partial charge in [0.2, 0.25) is 0 Å². The Balaban J connectivity index is 1.01. The van der Waals surface area contributed by atoms with E-state index in [0.717, 1.165) is 61.3 Å². The first-order chi connectivity index (χ1) is 31.7. The van der Waals surface area contributed by atoms with Gasteiger partial charge in [0.05, 0.1) is 0 Å². The van der Waals surface area contributed by atoms with E-state index in [2.05, 4.69) is 241 Å². The summed E-state index contributed by atoms with van der Waals surface area (Å²) >= 11 is 0. The molecular weight excluding hydrogens is 775 g/mol. The second kappa shape index (κ2) is 15.8. The first kappa shape index (κ1) is 37.3. The van der Waals surface area contributed by atoms with Gasteiger partial charge in [0.25, 0.3) is 0 Å². The lowest BCUT2D eigenvalue weighted by molar-refractivity contribution is 0.670. The van der Waals surface area contributed by atoms with Crippen LogP contribution in [0.15, 0.2) is 253 Å². The van der Waals surface area contributed by atoms with Gasteiger partial charge in [-0.2, -0.15) is 0 Å². The Morgan fingerprint density at radius 2 is 0.719 bits per heavy atom. The molecule has 0 aliphatic carbocycles. The van der Waals surface area contributed by atoms with E-state index in [1.54, 1.807) is 0 Å². The summed E-state index contributed by atoms with van der Waals surface area (Å²) in [6.45, 7) is 0. The number of hydrogen-bond acceptors (Lipinski definition) is 2. The van der Waals surface area contributed by atoms with Crippen LogP contribution in [-0.4, -0.2) is 0 Å². The van der Waals surface area contributed by atoms with Crippen molar-refractivity contribution in [2.75, 3.05) is 4.90 Å². The number of benzene rings is 11. The average molecular weight is 816 g/mol. The van der Waals surface area contributed by atoms with E-state index in [-0.39, 0.29) is 0 Å². The minimum absolute atomic E-state index is 0.897. The van der Waals surface area contributed by atoms with Crippen molar-refractivity contribution in [3.05, 3.63) is 249 Å². The zero-order chi connectivity index (χ0) is 42.4. The fourth-order valence-electron chi connectivity index (χ4n) is 9.67. The first-order valence-corrected chi connectivity index (χ1v) is 21.9. The highest BCUT2D eigenvalue weighted by Gasteiger charge is 2.20. The fraction of sp³-hybridized carbons (Fsp3) is 0. The van der Waals surface area contributed by atoms with Crippen molar-refractivity contribution in [2.24, 2.45) is 0 Å². The van der Waals surface area contributed by atoms with Crippen molar-refractivity contribution in [1.29, 1.82) is 0 Å². The van der Waals surface area contributed by atoms with Gasteiger partial charge in [-0.15, -0.1) is 0 Å². The van der Waals surface area contributed by atoms with Crippen LogP contribution in [0.25, 0.3) is 99.1 Å². The maximum atomic E-state index is 6.52. The highest BCUT2D eigenvalue weighted by molar-refractivity contribution is 6.22. The van der Waals surface area contributed by atoms with Crippen LogP contribution in [0, 0.1) is 0 Å². The van der Waals surface area contributed by atoms with Crippen LogP contribution in [0.1, 0.15) is 0 Å². The van der Waals surface area contributed by atoms with Crippen molar-refractivity contribution in [3.8, 4) is 55.6 Å². The topological polar surface area (TPSA) is 16.4 Å². The lowest BCUT2D eigenvalue weighted by atomic mass is 9.84. The predicted molar refractivity (Wildman–Crippen MR) is 271 cm³/mol. The Labute approximate surface area is 372 Å². The lowest BCUT2D eigenvalue weighted by Gasteiger charge is -2.27. The number of nitrogens with zero attached hydrogens (tertiary/aromatic N) is 1. The molecule has 0 fully saturated rings.